The molecule has 0 saturated carbocycles. The van der Waals surface area contributed by atoms with Gasteiger partial charge in [-0.2, -0.15) is 0 Å². The molecule has 156 valence electrons. The number of likely N-dealkylation sites (tertiary alicyclic amines) is 1. The van der Waals surface area contributed by atoms with Gasteiger partial charge in [-0.1, -0.05) is 30.4 Å². The molecule has 0 aromatic heterocycles. The first-order valence-corrected chi connectivity index (χ1v) is 9.86. The summed E-state index contributed by atoms with van der Waals surface area (Å²) in [5, 5.41) is 0. The Labute approximate surface area is 170 Å². The van der Waals surface area contributed by atoms with E-state index in [1.165, 1.54) is 0 Å². The number of hydrogen-bond donors (Lipinski definition) is 1. The smallest absolute Gasteiger partial charge is 0.328 e. The third-order valence-corrected chi connectivity index (χ3v) is 5.74. The van der Waals surface area contributed by atoms with Gasteiger partial charge in [-0.15, -0.1) is 0 Å². The van der Waals surface area contributed by atoms with Crippen molar-refractivity contribution in [1.82, 2.24) is 14.7 Å². The van der Waals surface area contributed by atoms with Gasteiger partial charge in [-0.25, -0.2) is 4.79 Å². The van der Waals surface area contributed by atoms with E-state index in [0.29, 0.717) is 32.5 Å². The van der Waals surface area contributed by atoms with E-state index < -0.39 is 17.5 Å². The maximum Gasteiger partial charge on any atom is 0.328 e. The van der Waals surface area contributed by atoms with Crippen molar-refractivity contribution in [2.24, 2.45) is 5.73 Å². The van der Waals surface area contributed by atoms with Crippen LogP contribution in [0.1, 0.15) is 25.3 Å². The highest BCUT2D eigenvalue weighted by atomic mass is 16.5. The molecule has 0 radical (unpaired) electrons. The summed E-state index contributed by atoms with van der Waals surface area (Å²) in [7, 11) is 1.65. The summed E-state index contributed by atoms with van der Waals surface area (Å²) in [6, 6.07) is 7.40. The summed E-state index contributed by atoms with van der Waals surface area (Å²) in [5.41, 5.74) is 5.38. The molecule has 2 heterocycles. The molecule has 1 aromatic carbocycles. The van der Waals surface area contributed by atoms with Crippen molar-refractivity contribution in [2.45, 2.75) is 25.3 Å². The normalized spacial score (nSPS) is 19.5. The fourth-order valence-electron chi connectivity index (χ4n) is 4.24. The van der Waals surface area contributed by atoms with Gasteiger partial charge in [0, 0.05) is 31.7 Å². The molecule has 8 nitrogen and oxygen atoms in total. The van der Waals surface area contributed by atoms with Gasteiger partial charge in [-0.3, -0.25) is 19.4 Å². The van der Waals surface area contributed by atoms with Crippen molar-refractivity contribution in [3.8, 4) is 5.75 Å². The second-order valence-electron chi connectivity index (χ2n) is 7.36. The zero-order valence-electron chi connectivity index (χ0n) is 17.0. The van der Waals surface area contributed by atoms with Crippen molar-refractivity contribution < 1.29 is 19.1 Å². The second-order valence-corrected chi connectivity index (χ2v) is 7.36. The Kier molecular flexibility index (Phi) is 6.22. The van der Waals surface area contributed by atoms with Crippen LogP contribution in [0.15, 0.2) is 30.3 Å². The molecular formula is C21H28N4O4. The maximum absolute atomic E-state index is 13.0. The third-order valence-electron chi connectivity index (χ3n) is 5.74. The second kappa shape index (κ2) is 8.65. The molecule has 2 aliphatic heterocycles. The van der Waals surface area contributed by atoms with Gasteiger partial charge in [0.1, 0.15) is 17.8 Å². The van der Waals surface area contributed by atoms with Gasteiger partial charge < -0.3 is 15.4 Å². The Morgan fingerprint density at radius 3 is 2.55 bits per heavy atom. The molecule has 2 aliphatic rings. The maximum atomic E-state index is 13.0. The van der Waals surface area contributed by atoms with Crippen molar-refractivity contribution in [3.63, 3.8) is 0 Å². The van der Waals surface area contributed by atoms with Crippen molar-refractivity contribution in [2.75, 3.05) is 39.8 Å². The molecule has 0 atom stereocenters. The minimum atomic E-state index is -0.857. The number of ether oxygens (including phenoxy) is 1. The number of carbonyl (C=O) groups excluding carboxylic acids is 3. The first kappa shape index (κ1) is 20.9. The Morgan fingerprint density at radius 2 is 1.93 bits per heavy atom. The molecule has 0 bridgehead atoms. The molecule has 4 amide bonds. The number of methoxy groups -OCH3 is 1. The van der Waals surface area contributed by atoms with E-state index in [2.05, 4.69) is 11.0 Å². The van der Waals surface area contributed by atoms with Crippen molar-refractivity contribution in [3.05, 3.63) is 35.9 Å². The van der Waals surface area contributed by atoms with Crippen molar-refractivity contribution >= 4 is 23.9 Å². The van der Waals surface area contributed by atoms with Crippen LogP contribution in [0.5, 0.6) is 5.75 Å². The van der Waals surface area contributed by atoms with Crippen LogP contribution in [-0.2, 0) is 9.59 Å². The highest BCUT2D eigenvalue weighted by Crippen LogP contribution is 2.37. The number of nitrogens with zero attached hydrogens (tertiary/aromatic N) is 3. The SMILES string of the molecule is CCN1C(=O)N(CC(N)=O)C(=O)C12CCN(CC=Cc1ccccc1OC)CC2. The number of carbonyl (C=O) groups is 3. The first-order valence-electron chi connectivity index (χ1n) is 9.86. The summed E-state index contributed by atoms with van der Waals surface area (Å²) in [4.78, 5) is 41.7. The monoisotopic (exact) mass is 400 g/mol. The minimum Gasteiger partial charge on any atom is -0.496 e. The molecule has 0 unspecified atom stereocenters. The average molecular weight is 400 g/mol. The number of para-hydroxylation sites is 1. The number of primary amides is 1. The van der Waals surface area contributed by atoms with E-state index in [-0.39, 0.29) is 12.5 Å². The quantitative estimate of drug-likeness (QED) is 0.696. The minimum absolute atomic E-state index is 0.299. The molecule has 29 heavy (non-hydrogen) atoms. The summed E-state index contributed by atoms with van der Waals surface area (Å²) < 4.78 is 5.36. The lowest BCUT2D eigenvalue weighted by atomic mass is 9.86. The van der Waals surface area contributed by atoms with Gasteiger partial charge in [0.15, 0.2) is 0 Å². The van der Waals surface area contributed by atoms with Crippen molar-refractivity contribution in [1.29, 1.82) is 0 Å². The zero-order chi connectivity index (χ0) is 21.0. The van der Waals surface area contributed by atoms with E-state index in [0.717, 1.165) is 22.8 Å². The van der Waals surface area contributed by atoms with Crippen LogP contribution in [-0.4, -0.2) is 77.9 Å². The van der Waals surface area contributed by atoms with E-state index in [1.807, 2.05) is 37.3 Å². The lowest BCUT2D eigenvalue weighted by Crippen LogP contribution is -2.56. The largest absolute Gasteiger partial charge is 0.496 e. The van der Waals surface area contributed by atoms with Crippen LogP contribution in [0.4, 0.5) is 4.79 Å². The van der Waals surface area contributed by atoms with E-state index in [9.17, 15) is 14.4 Å². The predicted octanol–water partition coefficient (Wildman–Crippen LogP) is 1.31. The summed E-state index contributed by atoms with van der Waals surface area (Å²) in [6.45, 7) is 4.04. The molecule has 0 aliphatic carbocycles. The van der Waals surface area contributed by atoms with Crippen LogP contribution in [0.3, 0.4) is 0 Å². The van der Waals surface area contributed by atoms with Gasteiger partial charge in [-0.05, 0) is 25.8 Å². The zero-order valence-corrected chi connectivity index (χ0v) is 17.0. The van der Waals surface area contributed by atoms with E-state index >= 15 is 0 Å². The first-order chi connectivity index (χ1) is 13.9. The standard InChI is InChI=1S/C21H28N4O4/c1-3-25-20(28)24(15-18(22)26)19(27)21(25)10-13-23(14-11-21)12-6-8-16-7-4-5-9-17(16)29-2/h4-9H,3,10-15H2,1-2H3,(H2,22,26). The number of likely N-dealkylation sites (N-methyl/N-ethyl adjacent to an activating group) is 1. The number of benzene rings is 1. The number of imide groups is 1. The van der Waals surface area contributed by atoms with Gasteiger partial charge in [0.25, 0.3) is 5.91 Å². The number of nitrogens with two attached hydrogens (primary N) is 1. The molecule has 8 heteroatoms. The Morgan fingerprint density at radius 1 is 1.24 bits per heavy atom. The lowest BCUT2D eigenvalue weighted by molar-refractivity contribution is -0.137. The van der Waals surface area contributed by atoms with Gasteiger partial charge in [0.05, 0.1) is 7.11 Å². The van der Waals surface area contributed by atoms with E-state index in [1.54, 1.807) is 12.0 Å². The molecule has 3 rings (SSSR count). The molecule has 2 fully saturated rings. The number of urea groups is 1. The fraction of sp³-hybridized carbons (Fsp3) is 0.476. The summed E-state index contributed by atoms with van der Waals surface area (Å²) >= 11 is 0. The molecule has 1 spiro atoms. The Bertz CT molecular complexity index is 815. The third kappa shape index (κ3) is 3.98. The Balaban J connectivity index is 1.64. The number of rotatable bonds is 7. The molecule has 2 N–H and O–H groups in total. The summed E-state index contributed by atoms with van der Waals surface area (Å²) in [5.74, 6) is -0.157. The predicted molar refractivity (Wildman–Crippen MR) is 109 cm³/mol. The number of hydrogen-bond acceptors (Lipinski definition) is 5. The van der Waals surface area contributed by atoms with Crippen LogP contribution >= 0.6 is 0 Å². The van der Waals surface area contributed by atoms with Gasteiger partial charge >= 0.3 is 6.03 Å². The average Bonchev–Trinajstić information content (AvgIpc) is 2.90. The number of amides is 4. The van der Waals surface area contributed by atoms with Crippen LogP contribution < -0.4 is 10.5 Å². The highest BCUT2D eigenvalue weighted by Gasteiger charge is 2.57. The molecule has 1 aromatic rings. The highest BCUT2D eigenvalue weighted by molar-refractivity contribution is 6.09. The van der Waals surface area contributed by atoms with Crippen LogP contribution in [0.25, 0.3) is 6.08 Å². The van der Waals surface area contributed by atoms with Crippen LogP contribution in [0, 0.1) is 0 Å². The topological polar surface area (TPSA) is 96.2 Å². The Hall–Kier alpha value is -2.87. The lowest BCUT2D eigenvalue weighted by Gasteiger charge is -2.41. The van der Waals surface area contributed by atoms with Gasteiger partial charge in [0.2, 0.25) is 5.91 Å². The molecular weight excluding hydrogens is 372 g/mol. The fourth-order valence-corrected chi connectivity index (χ4v) is 4.24. The number of piperidine rings is 1. The van der Waals surface area contributed by atoms with E-state index in [4.69, 9.17) is 10.5 Å². The summed E-state index contributed by atoms with van der Waals surface area (Å²) in [6.07, 6.45) is 5.20. The van der Waals surface area contributed by atoms with Crippen LogP contribution in [0.2, 0.25) is 0 Å². The molecule has 2 saturated heterocycles.